The summed E-state index contributed by atoms with van der Waals surface area (Å²) < 4.78 is 12.3. The van der Waals surface area contributed by atoms with Crippen LogP contribution in [-0.4, -0.2) is 34.9 Å². The van der Waals surface area contributed by atoms with Crippen molar-refractivity contribution >= 4 is 5.91 Å². The van der Waals surface area contributed by atoms with Crippen LogP contribution in [0.15, 0.2) is 55.1 Å². The summed E-state index contributed by atoms with van der Waals surface area (Å²) in [5.74, 6) is 1.23. The Labute approximate surface area is 151 Å². The largest absolute Gasteiger partial charge is 0.497 e. The molecule has 7 nitrogen and oxygen atoms in total. The second-order valence-corrected chi connectivity index (χ2v) is 5.69. The number of carbonyl (C=O) groups excluding carboxylic acids is 1. The molecule has 0 unspecified atom stereocenters. The van der Waals surface area contributed by atoms with E-state index in [1.165, 1.54) is 6.33 Å². The summed E-state index contributed by atoms with van der Waals surface area (Å²) in [4.78, 5) is 16.5. The molecule has 1 heterocycles. The molecule has 0 bridgehead atoms. The summed E-state index contributed by atoms with van der Waals surface area (Å²) in [6.07, 6.45) is 3.07. The van der Waals surface area contributed by atoms with Crippen molar-refractivity contribution < 1.29 is 14.3 Å². The lowest BCUT2D eigenvalue weighted by Crippen LogP contribution is -2.27. The zero-order valence-corrected chi connectivity index (χ0v) is 14.8. The Morgan fingerprint density at radius 3 is 2.50 bits per heavy atom. The topological polar surface area (TPSA) is 78.3 Å². The van der Waals surface area contributed by atoms with Crippen LogP contribution < -0.4 is 14.8 Å². The van der Waals surface area contributed by atoms with Gasteiger partial charge in [0.25, 0.3) is 5.91 Å². The molecule has 3 rings (SSSR count). The number of aromatic nitrogens is 3. The Morgan fingerprint density at radius 1 is 1.12 bits per heavy atom. The number of benzene rings is 2. The maximum atomic E-state index is 12.6. The van der Waals surface area contributed by atoms with Crippen molar-refractivity contribution in [3.8, 4) is 17.2 Å². The lowest BCUT2D eigenvalue weighted by atomic mass is 10.1. The average molecular weight is 352 g/mol. The van der Waals surface area contributed by atoms with Crippen LogP contribution in [0.3, 0.4) is 0 Å². The molecule has 1 aromatic heterocycles. The number of amides is 1. The maximum Gasteiger partial charge on any atom is 0.251 e. The van der Waals surface area contributed by atoms with E-state index in [-0.39, 0.29) is 11.9 Å². The molecule has 0 fully saturated rings. The highest BCUT2D eigenvalue weighted by atomic mass is 16.5. The van der Waals surface area contributed by atoms with Crippen molar-refractivity contribution in [2.24, 2.45) is 0 Å². The van der Waals surface area contributed by atoms with E-state index in [9.17, 15) is 4.79 Å². The normalized spacial score (nSPS) is 11.7. The fraction of sp³-hybridized carbons (Fsp3) is 0.211. The van der Waals surface area contributed by atoms with Gasteiger partial charge in [0, 0.05) is 11.1 Å². The molecular weight excluding hydrogens is 332 g/mol. The standard InChI is InChI=1S/C19H20N4O3/c1-13(17-10-16(25-2)8-9-18(17)26-3)22-19(24)14-4-6-15(7-5-14)23-12-20-11-21-23/h4-13H,1-3H3,(H,22,24)/t13-/m1/s1. The van der Waals surface area contributed by atoms with E-state index in [4.69, 9.17) is 9.47 Å². The minimum Gasteiger partial charge on any atom is -0.497 e. The minimum atomic E-state index is -0.248. The lowest BCUT2D eigenvalue weighted by Gasteiger charge is -2.18. The van der Waals surface area contributed by atoms with E-state index < -0.39 is 0 Å². The van der Waals surface area contributed by atoms with Gasteiger partial charge in [0.2, 0.25) is 0 Å². The third kappa shape index (κ3) is 3.66. The summed E-state index contributed by atoms with van der Waals surface area (Å²) in [6.45, 7) is 1.90. The molecular formula is C19H20N4O3. The smallest absolute Gasteiger partial charge is 0.251 e. The van der Waals surface area contributed by atoms with Crippen molar-refractivity contribution in [2.75, 3.05) is 14.2 Å². The lowest BCUT2D eigenvalue weighted by molar-refractivity contribution is 0.0939. The van der Waals surface area contributed by atoms with Gasteiger partial charge in [-0.25, -0.2) is 9.67 Å². The van der Waals surface area contributed by atoms with E-state index in [1.807, 2.05) is 37.3 Å². The van der Waals surface area contributed by atoms with E-state index >= 15 is 0 Å². The first-order valence-electron chi connectivity index (χ1n) is 8.10. The predicted molar refractivity (Wildman–Crippen MR) is 96.8 cm³/mol. The highest BCUT2D eigenvalue weighted by Gasteiger charge is 2.16. The second-order valence-electron chi connectivity index (χ2n) is 5.69. The van der Waals surface area contributed by atoms with Gasteiger partial charge in [-0.05, 0) is 49.4 Å². The van der Waals surface area contributed by atoms with Gasteiger partial charge < -0.3 is 14.8 Å². The van der Waals surface area contributed by atoms with Crippen LogP contribution in [0.25, 0.3) is 5.69 Å². The molecule has 134 valence electrons. The number of hydrogen-bond acceptors (Lipinski definition) is 5. The van der Waals surface area contributed by atoms with Gasteiger partial charge in [-0.15, -0.1) is 0 Å². The minimum absolute atomic E-state index is 0.174. The zero-order chi connectivity index (χ0) is 18.5. The van der Waals surface area contributed by atoms with E-state index in [0.29, 0.717) is 17.1 Å². The Kier molecular flexibility index (Phi) is 5.17. The monoisotopic (exact) mass is 352 g/mol. The van der Waals surface area contributed by atoms with Crippen LogP contribution in [0.2, 0.25) is 0 Å². The van der Waals surface area contributed by atoms with Gasteiger partial charge in [0.1, 0.15) is 24.2 Å². The van der Waals surface area contributed by atoms with Gasteiger partial charge in [-0.1, -0.05) is 0 Å². The maximum absolute atomic E-state index is 12.6. The van der Waals surface area contributed by atoms with Gasteiger partial charge in [0.05, 0.1) is 25.9 Å². The van der Waals surface area contributed by atoms with E-state index in [2.05, 4.69) is 15.4 Å². The molecule has 0 aliphatic heterocycles. The molecule has 3 aromatic rings. The molecule has 1 atom stereocenters. The first kappa shape index (κ1) is 17.5. The molecule has 1 amide bonds. The van der Waals surface area contributed by atoms with E-state index in [1.54, 1.807) is 37.4 Å². The summed E-state index contributed by atoms with van der Waals surface area (Å²) in [6, 6.07) is 12.4. The SMILES string of the molecule is COc1ccc(OC)c([C@@H](C)NC(=O)c2ccc(-n3cncn3)cc2)c1. The molecule has 7 heteroatoms. The number of ether oxygens (including phenoxy) is 2. The van der Waals surface area contributed by atoms with Crippen molar-refractivity contribution in [3.05, 3.63) is 66.2 Å². The summed E-state index contributed by atoms with van der Waals surface area (Å²) in [5, 5.41) is 7.05. The van der Waals surface area contributed by atoms with Crippen molar-refractivity contribution in [1.29, 1.82) is 0 Å². The molecule has 0 spiro atoms. The fourth-order valence-corrected chi connectivity index (χ4v) is 2.64. The summed E-state index contributed by atoms with van der Waals surface area (Å²) >= 11 is 0. The van der Waals surface area contributed by atoms with Crippen molar-refractivity contribution in [3.63, 3.8) is 0 Å². The number of nitrogens with one attached hydrogen (secondary N) is 1. The number of nitrogens with zero attached hydrogens (tertiary/aromatic N) is 3. The van der Waals surface area contributed by atoms with E-state index in [0.717, 1.165) is 11.3 Å². The third-order valence-corrected chi connectivity index (χ3v) is 4.06. The molecule has 0 radical (unpaired) electrons. The third-order valence-electron chi connectivity index (χ3n) is 4.06. The second kappa shape index (κ2) is 7.69. The predicted octanol–water partition coefficient (Wildman–Crippen LogP) is 2.78. The van der Waals surface area contributed by atoms with Gasteiger partial charge in [0.15, 0.2) is 0 Å². The fourth-order valence-electron chi connectivity index (χ4n) is 2.64. The molecule has 0 saturated carbocycles. The number of carbonyl (C=O) groups is 1. The highest BCUT2D eigenvalue weighted by Crippen LogP contribution is 2.29. The Balaban J connectivity index is 1.75. The van der Waals surface area contributed by atoms with Crippen LogP contribution in [0.4, 0.5) is 0 Å². The average Bonchev–Trinajstić information content (AvgIpc) is 3.22. The first-order valence-corrected chi connectivity index (χ1v) is 8.10. The van der Waals surface area contributed by atoms with Gasteiger partial charge >= 0.3 is 0 Å². The summed E-state index contributed by atoms with van der Waals surface area (Å²) in [5.41, 5.74) is 2.24. The molecule has 0 saturated heterocycles. The quantitative estimate of drug-likeness (QED) is 0.738. The van der Waals surface area contributed by atoms with Crippen LogP contribution in [0.1, 0.15) is 28.9 Å². The van der Waals surface area contributed by atoms with Crippen LogP contribution >= 0.6 is 0 Å². The van der Waals surface area contributed by atoms with Crippen LogP contribution in [0, 0.1) is 0 Å². The van der Waals surface area contributed by atoms with Crippen molar-refractivity contribution in [1.82, 2.24) is 20.1 Å². The highest BCUT2D eigenvalue weighted by molar-refractivity contribution is 5.94. The Morgan fingerprint density at radius 2 is 1.88 bits per heavy atom. The van der Waals surface area contributed by atoms with Gasteiger partial charge in [-0.3, -0.25) is 4.79 Å². The molecule has 0 aliphatic carbocycles. The molecule has 1 N–H and O–H groups in total. The van der Waals surface area contributed by atoms with Crippen LogP contribution in [-0.2, 0) is 0 Å². The molecule has 26 heavy (non-hydrogen) atoms. The number of hydrogen-bond donors (Lipinski definition) is 1. The molecule has 2 aromatic carbocycles. The Bertz CT molecular complexity index is 876. The Hall–Kier alpha value is -3.35. The summed E-state index contributed by atoms with van der Waals surface area (Å²) in [7, 11) is 3.20. The van der Waals surface area contributed by atoms with Gasteiger partial charge in [-0.2, -0.15) is 5.10 Å². The zero-order valence-electron chi connectivity index (χ0n) is 14.8. The van der Waals surface area contributed by atoms with Crippen molar-refractivity contribution in [2.45, 2.75) is 13.0 Å². The molecule has 0 aliphatic rings. The first-order chi connectivity index (χ1) is 12.6. The number of methoxy groups -OCH3 is 2. The number of rotatable bonds is 6. The van der Waals surface area contributed by atoms with Crippen LogP contribution in [0.5, 0.6) is 11.5 Å².